The van der Waals surface area contributed by atoms with Gasteiger partial charge in [0.2, 0.25) is 11.5 Å². The predicted octanol–water partition coefficient (Wildman–Crippen LogP) is 4.46. The molecule has 1 aromatic carbocycles. The molecule has 0 saturated carbocycles. The first-order valence-corrected chi connectivity index (χ1v) is 11.5. The predicted molar refractivity (Wildman–Crippen MR) is 125 cm³/mol. The van der Waals surface area contributed by atoms with Gasteiger partial charge in [0, 0.05) is 37.7 Å². The highest BCUT2D eigenvalue weighted by atomic mass is 19.4. The number of piperidine rings is 1. The van der Waals surface area contributed by atoms with E-state index in [-0.39, 0.29) is 17.9 Å². The number of rotatable bonds is 8. The Labute approximate surface area is 209 Å². The fourth-order valence-corrected chi connectivity index (χ4v) is 4.10. The van der Waals surface area contributed by atoms with Gasteiger partial charge < -0.3 is 14.4 Å². The Kier molecular flexibility index (Phi) is 7.55. The smallest absolute Gasteiger partial charge is 0.437 e. The van der Waals surface area contributed by atoms with E-state index in [9.17, 15) is 27.6 Å². The summed E-state index contributed by atoms with van der Waals surface area (Å²) in [6.07, 6.45) is -2.44. The SMILES string of the molecule is O=C(O)CC1CCN(c2ccc(CC(=O)c3oc(NC(=O)c4ccccc4)nc3C(F)(F)F)cn2)CC1. The molecule has 2 aromatic heterocycles. The van der Waals surface area contributed by atoms with Crippen LogP contribution in [0.2, 0.25) is 0 Å². The Balaban J connectivity index is 1.43. The van der Waals surface area contributed by atoms with Crippen LogP contribution in [0.4, 0.5) is 25.0 Å². The molecule has 1 saturated heterocycles. The van der Waals surface area contributed by atoms with Crippen LogP contribution in [0.15, 0.2) is 53.1 Å². The highest BCUT2D eigenvalue weighted by Gasteiger charge is 2.41. The molecule has 1 aliphatic heterocycles. The third kappa shape index (κ3) is 6.51. The van der Waals surface area contributed by atoms with E-state index in [0.29, 0.717) is 37.3 Å². The monoisotopic (exact) mass is 516 g/mol. The Morgan fingerprint density at radius 2 is 1.78 bits per heavy atom. The molecule has 0 spiro atoms. The molecule has 3 heterocycles. The summed E-state index contributed by atoms with van der Waals surface area (Å²) in [6, 6.07) is 10.3. The number of pyridine rings is 1. The van der Waals surface area contributed by atoms with Gasteiger partial charge in [-0.1, -0.05) is 24.3 Å². The lowest BCUT2D eigenvalue weighted by Crippen LogP contribution is -2.34. The second-order valence-corrected chi connectivity index (χ2v) is 8.67. The summed E-state index contributed by atoms with van der Waals surface area (Å²) in [5.74, 6) is -2.79. The van der Waals surface area contributed by atoms with E-state index in [1.54, 1.807) is 30.3 Å². The van der Waals surface area contributed by atoms with E-state index in [2.05, 4.69) is 15.3 Å². The molecule has 0 atom stereocenters. The quantitative estimate of drug-likeness (QED) is 0.421. The molecule has 2 N–H and O–H groups in total. The topological polar surface area (TPSA) is 126 Å². The van der Waals surface area contributed by atoms with Gasteiger partial charge in [0.25, 0.3) is 5.91 Å². The number of alkyl halides is 3. The number of Topliss-reactive ketones (excluding diaryl/α,β-unsaturated/α-hetero) is 1. The van der Waals surface area contributed by atoms with Crippen molar-refractivity contribution in [2.75, 3.05) is 23.3 Å². The lowest BCUT2D eigenvalue weighted by molar-refractivity contribution is -0.141. The number of nitrogens with one attached hydrogen (secondary N) is 1. The number of carboxylic acids is 1. The molecule has 0 aliphatic carbocycles. The minimum absolute atomic E-state index is 0.109. The molecule has 3 aromatic rings. The van der Waals surface area contributed by atoms with Crippen LogP contribution < -0.4 is 10.2 Å². The van der Waals surface area contributed by atoms with Crippen LogP contribution in [0, 0.1) is 5.92 Å². The number of aromatic nitrogens is 2. The number of amides is 1. The first kappa shape index (κ1) is 25.9. The molecule has 1 amide bonds. The third-order valence-electron chi connectivity index (χ3n) is 5.98. The van der Waals surface area contributed by atoms with Gasteiger partial charge in [0.05, 0.1) is 0 Å². The van der Waals surface area contributed by atoms with Crippen molar-refractivity contribution in [1.29, 1.82) is 0 Å². The number of aliphatic carboxylic acids is 1. The Morgan fingerprint density at radius 1 is 1.08 bits per heavy atom. The largest absolute Gasteiger partial charge is 0.481 e. The van der Waals surface area contributed by atoms with Crippen LogP contribution >= 0.6 is 0 Å². The molecule has 4 rings (SSSR count). The number of hydrogen-bond acceptors (Lipinski definition) is 7. The highest BCUT2D eigenvalue weighted by molar-refractivity contribution is 6.03. The van der Waals surface area contributed by atoms with Crippen LogP contribution in [0.5, 0.6) is 0 Å². The van der Waals surface area contributed by atoms with Crippen molar-refractivity contribution in [2.24, 2.45) is 5.92 Å². The number of ketones is 1. The summed E-state index contributed by atoms with van der Waals surface area (Å²) in [6.45, 7) is 1.27. The third-order valence-corrected chi connectivity index (χ3v) is 5.98. The number of oxazole rings is 1. The number of anilines is 2. The zero-order valence-corrected chi connectivity index (χ0v) is 19.5. The number of carboxylic acid groups (broad SMARTS) is 1. The number of carbonyl (C=O) groups excluding carboxylic acids is 2. The van der Waals surface area contributed by atoms with Crippen molar-refractivity contribution in [3.05, 3.63) is 71.2 Å². The highest BCUT2D eigenvalue weighted by Crippen LogP contribution is 2.34. The maximum atomic E-state index is 13.5. The number of nitrogens with zero attached hydrogens (tertiary/aromatic N) is 3. The number of hydrogen-bond donors (Lipinski definition) is 2. The van der Waals surface area contributed by atoms with Gasteiger partial charge in [0.1, 0.15) is 5.82 Å². The number of carbonyl (C=O) groups is 3. The molecular formula is C25H23F3N4O5. The van der Waals surface area contributed by atoms with Crippen LogP contribution in [0.25, 0.3) is 0 Å². The summed E-state index contributed by atoms with van der Waals surface area (Å²) in [4.78, 5) is 45.5. The van der Waals surface area contributed by atoms with Crippen molar-refractivity contribution in [3.8, 4) is 0 Å². The van der Waals surface area contributed by atoms with E-state index >= 15 is 0 Å². The second-order valence-electron chi connectivity index (χ2n) is 8.67. The summed E-state index contributed by atoms with van der Waals surface area (Å²) >= 11 is 0. The molecule has 1 fully saturated rings. The van der Waals surface area contributed by atoms with Gasteiger partial charge in [0.15, 0.2) is 5.69 Å². The van der Waals surface area contributed by atoms with Gasteiger partial charge >= 0.3 is 18.2 Å². The molecule has 194 valence electrons. The van der Waals surface area contributed by atoms with Gasteiger partial charge in [-0.3, -0.25) is 19.7 Å². The van der Waals surface area contributed by atoms with Crippen molar-refractivity contribution in [1.82, 2.24) is 9.97 Å². The molecule has 37 heavy (non-hydrogen) atoms. The van der Waals surface area contributed by atoms with Crippen molar-refractivity contribution in [3.63, 3.8) is 0 Å². The van der Waals surface area contributed by atoms with Gasteiger partial charge in [-0.05, 0) is 42.5 Å². The van der Waals surface area contributed by atoms with Crippen LogP contribution in [-0.4, -0.2) is 45.8 Å². The summed E-state index contributed by atoms with van der Waals surface area (Å²) < 4.78 is 45.7. The van der Waals surface area contributed by atoms with E-state index < -0.39 is 47.7 Å². The maximum Gasteiger partial charge on any atom is 0.437 e. The fourth-order valence-electron chi connectivity index (χ4n) is 4.10. The lowest BCUT2D eigenvalue weighted by Gasteiger charge is -2.32. The van der Waals surface area contributed by atoms with Crippen LogP contribution in [-0.2, 0) is 17.4 Å². The van der Waals surface area contributed by atoms with Crippen molar-refractivity contribution in [2.45, 2.75) is 31.9 Å². The second kappa shape index (κ2) is 10.8. The minimum atomic E-state index is -4.97. The van der Waals surface area contributed by atoms with Gasteiger partial charge in [-0.2, -0.15) is 18.2 Å². The minimum Gasteiger partial charge on any atom is -0.481 e. The van der Waals surface area contributed by atoms with Gasteiger partial charge in [-0.25, -0.2) is 4.98 Å². The first-order valence-electron chi connectivity index (χ1n) is 11.5. The molecule has 12 heteroatoms. The molecule has 9 nitrogen and oxygen atoms in total. The number of halogens is 3. The summed E-state index contributed by atoms with van der Waals surface area (Å²) in [5, 5.41) is 11.1. The van der Waals surface area contributed by atoms with E-state index in [4.69, 9.17) is 9.52 Å². The average Bonchev–Trinajstić information content (AvgIpc) is 3.30. The van der Waals surface area contributed by atoms with E-state index in [1.807, 2.05) is 4.90 Å². The molecule has 0 unspecified atom stereocenters. The molecular weight excluding hydrogens is 493 g/mol. The molecule has 0 radical (unpaired) electrons. The fraction of sp³-hybridized carbons (Fsp3) is 0.320. The molecule has 0 bridgehead atoms. The average molecular weight is 516 g/mol. The van der Waals surface area contributed by atoms with Crippen LogP contribution in [0.3, 0.4) is 0 Å². The maximum absolute atomic E-state index is 13.5. The normalized spacial score (nSPS) is 14.4. The molecule has 1 aliphatic rings. The Morgan fingerprint density at radius 3 is 2.38 bits per heavy atom. The Bertz CT molecular complexity index is 1270. The standard InChI is InChI=1S/C25H23F3N4O5/c26-25(27,28)22-21(37-24(30-22)31-23(36)17-4-2-1-3-5-17)18(33)12-16-6-7-19(29-14-16)32-10-8-15(9-11-32)13-20(34)35/h1-7,14-15H,8-13H2,(H,34,35)(H,30,31,36). The van der Waals surface area contributed by atoms with Gasteiger partial charge in [-0.15, -0.1) is 0 Å². The van der Waals surface area contributed by atoms with E-state index in [1.165, 1.54) is 18.3 Å². The summed E-state index contributed by atoms with van der Waals surface area (Å²) in [7, 11) is 0. The first-order chi connectivity index (χ1) is 17.6. The van der Waals surface area contributed by atoms with Crippen molar-refractivity contribution >= 4 is 29.5 Å². The van der Waals surface area contributed by atoms with Crippen molar-refractivity contribution < 1.29 is 37.1 Å². The number of benzene rings is 1. The lowest BCUT2D eigenvalue weighted by atomic mass is 9.93. The van der Waals surface area contributed by atoms with E-state index in [0.717, 1.165) is 0 Å². The Hall–Kier alpha value is -4.22. The zero-order valence-electron chi connectivity index (χ0n) is 19.5. The summed E-state index contributed by atoms with van der Waals surface area (Å²) in [5.41, 5.74) is -0.969. The van der Waals surface area contributed by atoms with Crippen LogP contribution in [0.1, 0.15) is 51.4 Å². The zero-order chi connectivity index (χ0) is 26.6.